The lowest BCUT2D eigenvalue weighted by Crippen LogP contribution is -2.71. The van der Waals surface area contributed by atoms with Crippen molar-refractivity contribution in [2.24, 2.45) is 5.16 Å². The van der Waals surface area contributed by atoms with Gasteiger partial charge < -0.3 is 26.1 Å². The average molecular weight is 648 g/mol. The molecular weight excluding hydrogens is 626 g/mol. The Labute approximate surface area is 254 Å². The van der Waals surface area contributed by atoms with E-state index in [1.54, 1.807) is 0 Å². The van der Waals surface area contributed by atoms with Crippen molar-refractivity contribution >= 4 is 75.1 Å². The molecule has 0 spiro atoms. The number of carbonyl (C=O) groups is 4. The van der Waals surface area contributed by atoms with Gasteiger partial charge in [-0.1, -0.05) is 11.2 Å². The van der Waals surface area contributed by atoms with Crippen LogP contribution in [0.3, 0.4) is 0 Å². The zero-order valence-corrected chi connectivity index (χ0v) is 24.2. The summed E-state index contributed by atoms with van der Waals surface area (Å²) in [5.74, 6) is -4.59. The molecule has 20 heteroatoms. The van der Waals surface area contributed by atoms with Gasteiger partial charge in [-0.3, -0.25) is 34.7 Å². The average Bonchev–Trinajstić information content (AvgIpc) is 3.39. The highest BCUT2D eigenvalue weighted by Crippen LogP contribution is 2.41. The summed E-state index contributed by atoms with van der Waals surface area (Å²) in [6, 6.07) is 1.76. The number of hydrogen-bond acceptors (Lipinski definition) is 14. The topological polar surface area (TPSA) is 271 Å². The Morgan fingerprint density at radius 2 is 1.93 bits per heavy atom. The van der Waals surface area contributed by atoms with E-state index in [1.165, 1.54) is 31.4 Å². The number of amides is 2. The Hall–Kier alpha value is -5.37. The van der Waals surface area contributed by atoms with E-state index < -0.39 is 73.4 Å². The number of carboxylic acid groups (broad SMARTS) is 2. The minimum absolute atomic E-state index is 0.0131. The van der Waals surface area contributed by atoms with Gasteiger partial charge in [-0.25, -0.2) is 14.6 Å². The summed E-state index contributed by atoms with van der Waals surface area (Å²) < 4.78 is 0. The van der Waals surface area contributed by atoms with Crippen LogP contribution >= 0.6 is 23.1 Å². The highest BCUT2D eigenvalue weighted by molar-refractivity contribution is 8.00. The number of β-lactam (4-membered cyclic amide) rings is 1. The molecule has 44 heavy (non-hydrogen) atoms. The van der Waals surface area contributed by atoms with Crippen molar-refractivity contribution in [1.29, 1.82) is 0 Å². The molecule has 1 aromatic heterocycles. The first kappa shape index (κ1) is 31.6. The number of hydrogen-bond donors (Lipinski definition) is 4. The summed E-state index contributed by atoms with van der Waals surface area (Å²) in [6.07, 6.45) is 2.48. The van der Waals surface area contributed by atoms with Crippen LogP contribution in [-0.4, -0.2) is 82.2 Å². The largest absolute Gasteiger partial charge is 0.478 e. The number of benzene rings is 1. The van der Waals surface area contributed by atoms with Crippen molar-refractivity contribution in [2.45, 2.75) is 30.9 Å². The van der Waals surface area contributed by atoms with Crippen LogP contribution in [0.1, 0.15) is 25.1 Å². The number of aromatic nitrogens is 1. The molecule has 2 atom stereocenters. The Morgan fingerprint density at radius 1 is 1.23 bits per heavy atom. The van der Waals surface area contributed by atoms with Gasteiger partial charge in [0.25, 0.3) is 23.2 Å². The summed E-state index contributed by atoms with van der Waals surface area (Å²) in [5, 5.41) is 48.4. The van der Waals surface area contributed by atoms with Gasteiger partial charge in [0, 0.05) is 17.2 Å². The number of nitrogens with two attached hydrogens (primary N) is 1. The lowest BCUT2D eigenvalue weighted by Gasteiger charge is -2.49. The minimum atomic E-state index is -1.82. The lowest BCUT2D eigenvalue weighted by atomic mass is 10.0. The number of nitrogen functional groups attached to an aromatic ring is 1. The summed E-state index contributed by atoms with van der Waals surface area (Å²) >= 11 is 2.06. The summed E-state index contributed by atoms with van der Waals surface area (Å²) in [4.78, 5) is 80.7. The number of thiazole rings is 1. The van der Waals surface area contributed by atoms with Gasteiger partial charge in [0.2, 0.25) is 5.60 Å². The highest BCUT2D eigenvalue weighted by Gasteiger charge is 2.54. The first-order chi connectivity index (χ1) is 20.6. The van der Waals surface area contributed by atoms with Gasteiger partial charge in [-0.2, -0.15) is 0 Å². The molecule has 2 aliphatic rings. The number of carboxylic acids is 2. The van der Waals surface area contributed by atoms with Crippen molar-refractivity contribution in [3.8, 4) is 0 Å². The molecule has 1 unspecified atom stereocenters. The summed E-state index contributed by atoms with van der Waals surface area (Å²) in [6.45, 7) is 2.39. The van der Waals surface area contributed by atoms with Gasteiger partial charge in [0.15, 0.2) is 10.8 Å². The quantitative estimate of drug-likeness (QED) is 0.117. The molecule has 1 fully saturated rings. The van der Waals surface area contributed by atoms with Crippen LogP contribution in [0.5, 0.6) is 0 Å². The SMILES string of the molecule is CC(C)(O/N=C(\C(=O)NC1C(=O)N2C(C(=O)O)=C(/C=C/c3ccc([N+](=O)[O-])cc3[N+](=O)[O-])CS[C@H]12)c1csc(N)n1)C(=O)O. The number of carbonyl (C=O) groups excluding carboxylic acids is 2. The number of nitro groups is 2. The molecule has 0 bridgehead atoms. The number of thioether (sulfide) groups is 1. The maximum absolute atomic E-state index is 13.2. The van der Waals surface area contributed by atoms with E-state index in [2.05, 4.69) is 15.5 Å². The molecule has 2 aliphatic heterocycles. The first-order valence-electron chi connectivity index (χ1n) is 12.2. The number of nitrogens with zero attached hydrogens (tertiary/aromatic N) is 5. The molecule has 2 aromatic rings. The number of nitro benzene ring substituents is 2. The molecule has 230 valence electrons. The summed E-state index contributed by atoms with van der Waals surface area (Å²) in [5.41, 5.74) is 1.89. The van der Waals surface area contributed by atoms with Gasteiger partial charge in [-0.05, 0) is 31.6 Å². The molecule has 0 aliphatic carbocycles. The minimum Gasteiger partial charge on any atom is -0.478 e. The smallest absolute Gasteiger partial charge is 0.352 e. The van der Waals surface area contributed by atoms with E-state index in [1.807, 2.05) is 0 Å². The van der Waals surface area contributed by atoms with E-state index in [0.29, 0.717) is 0 Å². The van der Waals surface area contributed by atoms with E-state index >= 15 is 0 Å². The van der Waals surface area contributed by atoms with Crippen LogP contribution in [0.15, 0.2) is 46.1 Å². The van der Waals surface area contributed by atoms with Crippen LogP contribution in [-0.2, 0) is 24.0 Å². The number of allylic oxidation sites excluding steroid dienone is 1. The molecule has 18 nitrogen and oxygen atoms in total. The van der Waals surface area contributed by atoms with Crippen LogP contribution in [0.2, 0.25) is 0 Å². The van der Waals surface area contributed by atoms with Gasteiger partial charge in [0.1, 0.15) is 22.8 Å². The number of fused-ring (bicyclic) bond motifs is 1. The fourth-order valence-electron chi connectivity index (χ4n) is 3.92. The normalized spacial score (nSPS) is 18.5. The number of nitrogens with one attached hydrogen (secondary N) is 1. The number of oxime groups is 1. The Balaban J connectivity index is 1.58. The lowest BCUT2D eigenvalue weighted by molar-refractivity contribution is -0.394. The predicted molar refractivity (Wildman–Crippen MR) is 154 cm³/mol. The molecule has 3 heterocycles. The number of anilines is 1. The van der Waals surface area contributed by atoms with E-state index in [4.69, 9.17) is 10.6 Å². The van der Waals surface area contributed by atoms with Crippen molar-refractivity contribution in [3.63, 3.8) is 0 Å². The molecule has 1 aromatic carbocycles. The first-order valence-corrected chi connectivity index (χ1v) is 14.1. The van der Waals surface area contributed by atoms with Gasteiger partial charge >= 0.3 is 11.9 Å². The van der Waals surface area contributed by atoms with Crippen molar-refractivity contribution < 1.29 is 44.1 Å². The predicted octanol–water partition coefficient (Wildman–Crippen LogP) is 1.58. The maximum Gasteiger partial charge on any atom is 0.352 e. The Bertz CT molecular complexity index is 1700. The molecule has 4 rings (SSSR count). The fourth-order valence-corrected chi connectivity index (χ4v) is 5.78. The van der Waals surface area contributed by atoms with Gasteiger partial charge in [0.05, 0.1) is 21.5 Å². The Morgan fingerprint density at radius 3 is 2.50 bits per heavy atom. The summed E-state index contributed by atoms with van der Waals surface area (Å²) in [7, 11) is 0. The van der Waals surface area contributed by atoms with Crippen LogP contribution < -0.4 is 11.1 Å². The van der Waals surface area contributed by atoms with Crippen LogP contribution in [0.25, 0.3) is 6.08 Å². The van der Waals surface area contributed by atoms with Crippen LogP contribution in [0, 0.1) is 20.2 Å². The van der Waals surface area contributed by atoms with Gasteiger partial charge in [-0.15, -0.1) is 23.1 Å². The number of non-ortho nitro benzene ring substituents is 1. The zero-order valence-electron chi connectivity index (χ0n) is 22.5. The molecule has 1 saturated heterocycles. The molecule has 0 saturated carbocycles. The molecule has 5 N–H and O–H groups in total. The van der Waals surface area contributed by atoms with Crippen LogP contribution in [0.4, 0.5) is 16.5 Å². The fraction of sp³-hybridized carbons (Fsp3) is 0.250. The third-order valence-corrected chi connectivity index (χ3v) is 8.21. The molecule has 2 amide bonds. The third kappa shape index (κ3) is 6.20. The second kappa shape index (κ2) is 12.1. The Kier molecular flexibility index (Phi) is 8.67. The van der Waals surface area contributed by atoms with Crippen molar-refractivity contribution in [2.75, 3.05) is 11.5 Å². The van der Waals surface area contributed by atoms with E-state index in [0.717, 1.165) is 46.2 Å². The number of aliphatic carboxylic acids is 2. The second-order valence-corrected chi connectivity index (χ2v) is 11.5. The molecule has 0 radical (unpaired) electrons. The number of rotatable bonds is 11. The third-order valence-electron chi connectivity index (χ3n) is 6.23. The second-order valence-electron chi connectivity index (χ2n) is 9.55. The zero-order chi connectivity index (χ0) is 32.5. The van der Waals surface area contributed by atoms with E-state index in [9.17, 15) is 49.6 Å². The highest BCUT2D eigenvalue weighted by atomic mass is 32.2. The van der Waals surface area contributed by atoms with E-state index in [-0.39, 0.29) is 27.7 Å². The molecular formula is C24H21N7O11S2. The standard InChI is InChI=1S/C24H21N7O11S2/c1-24(2,22(36)37)42-28-15(13-9-44-23(25)26-13)18(32)27-16-19(33)29-17(21(34)35)11(8-43-20(16)29)4-3-10-5-6-12(30(38)39)7-14(10)31(40)41/h3-7,9,16,20H,8H2,1-2H3,(H2,25,26)(H,27,32)(H,34,35)(H,36,37)/b4-3+,28-15-/t16?,20-/m1/s1. The van der Waals surface area contributed by atoms with Crippen molar-refractivity contribution in [3.05, 3.63) is 72.4 Å². The monoisotopic (exact) mass is 647 g/mol. The van der Waals surface area contributed by atoms with Crippen molar-refractivity contribution in [1.82, 2.24) is 15.2 Å². The maximum atomic E-state index is 13.2.